The van der Waals surface area contributed by atoms with Crippen LogP contribution in [0.3, 0.4) is 0 Å². The highest BCUT2D eigenvalue weighted by Crippen LogP contribution is 2.34. The van der Waals surface area contributed by atoms with E-state index in [1.165, 1.54) is 16.2 Å². The van der Waals surface area contributed by atoms with Crippen molar-refractivity contribution < 1.29 is 19.5 Å². The second-order valence-electron chi connectivity index (χ2n) is 5.39. The van der Waals surface area contributed by atoms with Crippen LogP contribution in [0.2, 0.25) is 0 Å². The summed E-state index contributed by atoms with van der Waals surface area (Å²) in [6.45, 7) is -0.0713. The Kier molecular flexibility index (Phi) is 4.62. The molecule has 0 spiro atoms. The summed E-state index contributed by atoms with van der Waals surface area (Å²) in [5.74, 6) is -1.44. The van der Waals surface area contributed by atoms with Crippen LogP contribution in [0.15, 0.2) is 17.5 Å². The third-order valence-electron chi connectivity index (χ3n) is 3.66. The smallest absolute Gasteiger partial charge is 0.305 e. The Hall–Kier alpha value is -1.89. The molecule has 114 valence electrons. The maximum Gasteiger partial charge on any atom is 0.305 e. The van der Waals surface area contributed by atoms with E-state index >= 15 is 0 Å². The van der Waals surface area contributed by atoms with Gasteiger partial charge in [-0.1, -0.05) is 6.07 Å². The van der Waals surface area contributed by atoms with Gasteiger partial charge in [0, 0.05) is 7.05 Å². The van der Waals surface area contributed by atoms with Gasteiger partial charge in [0.05, 0.1) is 23.4 Å². The van der Waals surface area contributed by atoms with E-state index in [1.54, 1.807) is 24.6 Å². The Morgan fingerprint density at radius 3 is 2.62 bits per heavy atom. The van der Waals surface area contributed by atoms with E-state index < -0.39 is 11.5 Å². The van der Waals surface area contributed by atoms with E-state index in [1.807, 2.05) is 0 Å². The lowest BCUT2D eigenvalue weighted by Gasteiger charge is -2.41. The summed E-state index contributed by atoms with van der Waals surface area (Å²) in [6, 6.07) is 3.49. The predicted octanol–water partition coefficient (Wildman–Crippen LogP) is 1.33. The fourth-order valence-corrected chi connectivity index (χ4v) is 3.17. The van der Waals surface area contributed by atoms with Crippen molar-refractivity contribution in [3.8, 4) is 0 Å². The molecule has 1 heterocycles. The van der Waals surface area contributed by atoms with Crippen LogP contribution in [0.25, 0.3) is 0 Å². The van der Waals surface area contributed by atoms with Gasteiger partial charge in [0.15, 0.2) is 0 Å². The number of amides is 2. The number of carbonyl (C=O) groups excluding carboxylic acids is 2. The number of hydrogen-bond acceptors (Lipinski definition) is 4. The highest BCUT2D eigenvalue weighted by Gasteiger charge is 2.40. The summed E-state index contributed by atoms with van der Waals surface area (Å²) >= 11 is 1.32. The van der Waals surface area contributed by atoms with Crippen LogP contribution in [0.4, 0.5) is 0 Å². The zero-order valence-electron chi connectivity index (χ0n) is 11.8. The summed E-state index contributed by atoms with van der Waals surface area (Å²) in [6.07, 6.45) is 2.19. The number of thiophene rings is 1. The van der Waals surface area contributed by atoms with Crippen molar-refractivity contribution >= 4 is 29.1 Å². The second-order valence-corrected chi connectivity index (χ2v) is 6.34. The summed E-state index contributed by atoms with van der Waals surface area (Å²) in [5, 5.41) is 13.5. The molecular formula is C14H18N2O4S. The standard InChI is InChI=1S/C14H18N2O4S/c1-16(13(20)10-4-2-7-21-10)9-11(17)15-14(5-3-6-14)8-12(18)19/h2,4,7H,3,5-6,8-9H2,1H3,(H,15,17)(H,18,19). The summed E-state index contributed by atoms with van der Waals surface area (Å²) in [5.41, 5.74) is -0.629. The number of nitrogens with one attached hydrogen (secondary N) is 1. The average molecular weight is 310 g/mol. The number of aliphatic carboxylic acids is 1. The number of rotatable bonds is 6. The van der Waals surface area contributed by atoms with Crippen molar-refractivity contribution in [3.05, 3.63) is 22.4 Å². The van der Waals surface area contributed by atoms with Gasteiger partial charge in [-0.2, -0.15) is 0 Å². The van der Waals surface area contributed by atoms with Crippen LogP contribution in [0.5, 0.6) is 0 Å². The van der Waals surface area contributed by atoms with Gasteiger partial charge in [-0.05, 0) is 30.7 Å². The van der Waals surface area contributed by atoms with Crippen molar-refractivity contribution in [1.82, 2.24) is 10.2 Å². The minimum Gasteiger partial charge on any atom is -0.481 e. The molecule has 1 aromatic heterocycles. The topological polar surface area (TPSA) is 86.7 Å². The van der Waals surface area contributed by atoms with E-state index in [9.17, 15) is 14.4 Å². The first-order valence-electron chi connectivity index (χ1n) is 6.74. The van der Waals surface area contributed by atoms with Gasteiger partial charge in [-0.25, -0.2) is 0 Å². The van der Waals surface area contributed by atoms with Crippen molar-refractivity contribution in [2.45, 2.75) is 31.2 Å². The Labute approximate surface area is 126 Å². The van der Waals surface area contributed by atoms with Crippen LogP contribution in [0.1, 0.15) is 35.4 Å². The van der Waals surface area contributed by atoms with Gasteiger partial charge in [-0.15, -0.1) is 11.3 Å². The third-order valence-corrected chi connectivity index (χ3v) is 4.52. The number of nitrogens with zero attached hydrogens (tertiary/aromatic N) is 1. The van der Waals surface area contributed by atoms with Crippen LogP contribution in [-0.4, -0.2) is 46.9 Å². The molecule has 0 bridgehead atoms. The number of hydrogen-bond donors (Lipinski definition) is 2. The van der Waals surface area contributed by atoms with Gasteiger partial charge in [0.1, 0.15) is 0 Å². The lowest BCUT2D eigenvalue weighted by atomic mass is 9.74. The highest BCUT2D eigenvalue weighted by atomic mass is 32.1. The first-order chi connectivity index (χ1) is 9.92. The first kappa shape index (κ1) is 15.5. The van der Waals surface area contributed by atoms with Gasteiger partial charge in [0.2, 0.25) is 5.91 Å². The van der Waals surface area contributed by atoms with Crippen molar-refractivity contribution in [2.24, 2.45) is 0 Å². The Morgan fingerprint density at radius 2 is 2.14 bits per heavy atom. The molecule has 7 heteroatoms. The largest absolute Gasteiger partial charge is 0.481 e. The Balaban J connectivity index is 1.89. The van der Waals surface area contributed by atoms with Gasteiger partial charge >= 0.3 is 5.97 Å². The molecule has 1 fully saturated rings. The minimum absolute atomic E-state index is 0.0681. The zero-order chi connectivity index (χ0) is 15.5. The maximum atomic E-state index is 12.0. The summed E-state index contributed by atoms with van der Waals surface area (Å²) in [4.78, 5) is 36.8. The maximum absolute atomic E-state index is 12.0. The number of carboxylic acid groups (broad SMARTS) is 1. The lowest BCUT2D eigenvalue weighted by Crippen LogP contribution is -2.56. The molecule has 0 aliphatic heterocycles. The molecule has 0 atom stereocenters. The predicted molar refractivity (Wildman–Crippen MR) is 78.3 cm³/mol. The molecule has 2 amide bonds. The molecule has 6 nitrogen and oxygen atoms in total. The zero-order valence-corrected chi connectivity index (χ0v) is 12.6. The summed E-state index contributed by atoms with van der Waals surface area (Å²) < 4.78 is 0. The van der Waals surface area contributed by atoms with Crippen LogP contribution >= 0.6 is 11.3 Å². The molecule has 2 rings (SSSR count). The van der Waals surface area contributed by atoms with E-state index in [4.69, 9.17) is 5.11 Å². The molecule has 0 saturated heterocycles. The van der Waals surface area contributed by atoms with Crippen LogP contribution < -0.4 is 5.32 Å². The molecule has 0 aromatic carbocycles. The first-order valence-corrected chi connectivity index (χ1v) is 7.62. The van der Waals surface area contributed by atoms with E-state index in [2.05, 4.69) is 5.32 Å². The molecule has 1 aromatic rings. The van der Waals surface area contributed by atoms with E-state index in [0.29, 0.717) is 17.7 Å². The number of likely N-dealkylation sites (N-methyl/N-ethyl adjacent to an activating group) is 1. The quantitative estimate of drug-likeness (QED) is 0.830. The number of carbonyl (C=O) groups is 3. The number of carboxylic acids is 1. The Bertz CT molecular complexity index is 537. The van der Waals surface area contributed by atoms with Crippen LogP contribution in [0, 0.1) is 0 Å². The Morgan fingerprint density at radius 1 is 1.43 bits per heavy atom. The average Bonchev–Trinajstić information content (AvgIpc) is 2.88. The SMILES string of the molecule is CN(CC(=O)NC1(CC(=O)O)CCC1)C(=O)c1cccs1. The normalized spacial score (nSPS) is 15.9. The second kappa shape index (κ2) is 6.26. The fourth-order valence-electron chi connectivity index (χ4n) is 2.45. The molecule has 1 aliphatic rings. The highest BCUT2D eigenvalue weighted by molar-refractivity contribution is 7.12. The van der Waals surface area contributed by atoms with Crippen LogP contribution in [-0.2, 0) is 9.59 Å². The van der Waals surface area contributed by atoms with Gasteiger partial charge in [0.25, 0.3) is 5.91 Å². The molecule has 1 saturated carbocycles. The molecule has 0 radical (unpaired) electrons. The minimum atomic E-state index is -0.919. The van der Waals surface area contributed by atoms with E-state index in [0.717, 1.165) is 6.42 Å². The summed E-state index contributed by atoms with van der Waals surface area (Å²) in [7, 11) is 1.56. The van der Waals surface area contributed by atoms with Crippen molar-refractivity contribution in [2.75, 3.05) is 13.6 Å². The third kappa shape index (κ3) is 3.81. The lowest BCUT2D eigenvalue weighted by molar-refractivity contribution is -0.140. The van der Waals surface area contributed by atoms with Gasteiger partial charge in [-0.3, -0.25) is 14.4 Å². The monoisotopic (exact) mass is 310 g/mol. The molecule has 0 unspecified atom stereocenters. The van der Waals surface area contributed by atoms with Gasteiger partial charge < -0.3 is 15.3 Å². The molecular weight excluding hydrogens is 292 g/mol. The molecule has 21 heavy (non-hydrogen) atoms. The van der Waals surface area contributed by atoms with E-state index in [-0.39, 0.29) is 24.8 Å². The molecule has 1 aliphatic carbocycles. The van der Waals surface area contributed by atoms with Crippen molar-refractivity contribution in [1.29, 1.82) is 0 Å². The fraction of sp³-hybridized carbons (Fsp3) is 0.500. The molecule has 2 N–H and O–H groups in total. The van der Waals surface area contributed by atoms with Crippen molar-refractivity contribution in [3.63, 3.8) is 0 Å².